The van der Waals surface area contributed by atoms with Crippen molar-refractivity contribution in [3.05, 3.63) is 12.2 Å². The largest absolute Gasteiger partial charge is 0.444 e. The van der Waals surface area contributed by atoms with Crippen molar-refractivity contribution in [1.29, 1.82) is 0 Å². The molecule has 0 aliphatic carbocycles. The molecule has 0 heterocycles. The second kappa shape index (κ2) is 5.68. The van der Waals surface area contributed by atoms with Gasteiger partial charge in [-0.05, 0) is 39.7 Å². The maximum Gasteiger partial charge on any atom is 0.408 e. The molecule has 0 spiro atoms. The summed E-state index contributed by atoms with van der Waals surface area (Å²) in [6.07, 6.45) is -0.0563. The Morgan fingerprint density at radius 1 is 1.38 bits per heavy atom. The van der Waals surface area contributed by atoms with Gasteiger partial charge in [0.25, 0.3) is 0 Å². The standard InChI is InChI=1S/C12H21NO3/c1-7-9(10(14)8(2)3)13-11(15)16-12(4,5)6/h9H,2,7H2,1,3-6H3,(H,13,15)/t9-/m0/s1. The first-order chi connectivity index (χ1) is 7.17. The van der Waals surface area contributed by atoms with Crippen LogP contribution < -0.4 is 5.32 Å². The summed E-state index contributed by atoms with van der Waals surface area (Å²) in [5.41, 5.74) is -0.128. The van der Waals surface area contributed by atoms with Gasteiger partial charge in [-0.2, -0.15) is 0 Å². The van der Waals surface area contributed by atoms with Crippen LogP contribution >= 0.6 is 0 Å². The van der Waals surface area contributed by atoms with Gasteiger partial charge < -0.3 is 10.1 Å². The molecule has 1 N–H and O–H groups in total. The first-order valence-electron chi connectivity index (χ1n) is 5.36. The smallest absolute Gasteiger partial charge is 0.408 e. The normalized spacial score (nSPS) is 12.8. The predicted octanol–water partition coefficient (Wildman–Crippen LogP) is 2.43. The van der Waals surface area contributed by atoms with E-state index in [-0.39, 0.29) is 5.78 Å². The number of carbonyl (C=O) groups excluding carboxylic acids is 2. The first-order valence-corrected chi connectivity index (χ1v) is 5.36. The van der Waals surface area contributed by atoms with E-state index in [9.17, 15) is 9.59 Å². The molecule has 0 aliphatic rings. The van der Waals surface area contributed by atoms with Crippen molar-refractivity contribution in [3.8, 4) is 0 Å². The van der Waals surface area contributed by atoms with Crippen molar-refractivity contribution in [2.24, 2.45) is 0 Å². The molecule has 0 unspecified atom stereocenters. The van der Waals surface area contributed by atoms with Gasteiger partial charge in [-0.3, -0.25) is 4.79 Å². The number of hydrogen-bond acceptors (Lipinski definition) is 3. The summed E-state index contributed by atoms with van der Waals surface area (Å²) in [5.74, 6) is -0.159. The van der Waals surface area contributed by atoms with E-state index in [1.807, 2.05) is 6.92 Å². The van der Waals surface area contributed by atoms with Gasteiger partial charge in [0.15, 0.2) is 5.78 Å². The lowest BCUT2D eigenvalue weighted by Gasteiger charge is -2.22. The SMILES string of the molecule is C=C(C)C(=O)[C@H](CC)NC(=O)OC(C)(C)C. The molecule has 0 aliphatic heterocycles. The van der Waals surface area contributed by atoms with Gasteiger partial charge in [0, 0.05) is 0 Å². The van der Waals surface area contributed by atoms with Gasteiger partial charge in [-0.1, -0.05) is 13.5 Å². The van der Waals surface area contributed by atoms with Crippen molar-refractivity contribution in [1.82, 2.24) is 5.32 Å². The molecular formula is C12H21NO3. The van der Waals surface area contributed by atoms with Crippen LogP contribution in [-0.4, -0.2) is 23.5 Å². The minimum atomic E-state index is -0.575. The number of ketones is 1. The molecule has 0 fully saturated rings. The zero-order chi connectivity index (χ0) is 12.9. The molecule has 1 atom stereocenters. The summed E-state index contributed by atoms with van der Waals surface area (Å²) in [7, 11) is 0. The third-order valence-electron chi connectivity index (χ3n) is 1.84. The van der Waals surface area contributed by atoms with Gasteiger partial charge in [-0.25, -0.2) is 4.79 Å². The lowest BCUT2D eigenvalue weighted by molar-refractivity contribution is -0.117. The number of nitrogens with one attached hydrogen (secondary N) is 1. The zero-order valence-corrected chi connectivity index (χ0v) is 10.7. The second-order valence-corrected chi connectivity index (χ2v) is 4.75. The number of carbonyl (C=O) groups is 2. The monoisotopic (exact) mass is 227 g/mol. The highest BCUT2D eigenvalue weighted by Gasteiger charge is 2.22. The second-order valence-electron chi connectivity index (χ2n) is 4.75. The third-order valence-corrected chi connectivity index (χ3v) is 1.84. The van der Waals surface area contributed by atoms with Crippen LogP contribution in [0.25, 0.3) is 0 Å². The Morgan fingerprint density at radius 3 is 2.19 bits per heavy atom. The van der Waals surface area contributed by atoms with Gasteiger partial charge in [-0.15, -0.1) is 0 Å². The maximum atomic E-state index is 11.6. The molecule has 0 saturated carbocycles. The van der Waals surface area contributed by atoms with Crippen LogP contribution in [0, 0.1) is 0 Å². The quantitative estimate of drug-likeness (QED) is 0.750. The molecule has 4 heteroatoms. The lowest BCUT2D eigenvalue weighted by Crippen LogP contribution is -2.43. The Bertz CT molecular complexity index is 289. The Kier molecular flexibility index (Phi) is 5.21. The van der Waals surface area contributed by atoms with Crippen LogP contribution in [0.15, 0.2) is 12.2 Å². The van der Waals surface area contributed by atoms with Crippen LogP contribution in [0.1, 0.15) is 41.0 Å². The molecule has 4 nitrogen and oxygen atoms in total. The van der Waals surface area contributed by atoms with E-state index in [4.69, 9.17) is 4.74 Å². The van der Waals surface area contributed by atoms with Crippen molar-refractivity contribution < 1.29 is 14.3 Å². The number of Topliss-reactive ketones (excluding diaryl/α,β-unsaturated/α-hetero) is 1. The minimum absolute atomic E-state index is 0.159. The number of alkyl carbamates (subject to hydrolysis) is 1. The summed E-state index contributed by atoms with van der Waals surface area (Å²) >= 11 is 0. The van der Waals surface area contributed by atoms with Crippen molar-refractivity contribution >= 4 is 11.9 Å². The van der Waals surface area contributed by atoms with Crippen molar-refractivity contribution in [3.63, 3.8) is 0 Å². The number of hydrogen-bond donors (Lipinski definition) is 1. The van der Waals surface area contributed by atoms with Crippen LogP contribution in [-0.2, 0) is 9.53 Å². The number of ether oxygens (including phenoxy) is 1. The van der Waals surface area contributed by atoms with Gasteiger partial charge in [0.05, 0.1) is 6.04 Å². The summed E-state index contributed by atoms with van der Waals surface area (Å²) in [6, 6.07) is -0.549. The van der Waals surface area contributed by atoms with E-state index in [0.717, 1.165) is 0 Å². The topological polar surface area (TPSA) is 55.4 Å². The lowest BCUT2D eigenvalue weighted by atomic mass is 10.1. The van der Waals surface area contributed by atoms with E-state index < -0.39 is 17.7 Å². The molecule has 0 aromatic heterocycles. The Hall–Kier alpha value is -1.32. The Morgan fingerprint density at radius 2 is 1.88 bits per heavy atom. The molecule has 0 bridgehead atoms. The average Bonchev–Trinajstić information content (AvgIpc) is 2.09. The van der Waals surface area contributed by atoms with E-state index in [1.165, 1.54) is 0 Å². The van der Waals surface area contributed by atoms with E-state index >= 15 is 0 Å². The minimum Gasteiger partial charge on any atom is -0.444 e. The summed E-state index contributed by atoms with van der Waals surface area (Å²) < 4.78 is 5.07. The Labute approximate surface area is 97.1 Å². The highest BCUT2D eigenvalue weighted by molar-refractivity contribution is 5.99. The Balaban J connectivity index is 4.40. The molecule has 16 heavy (non-hydrogen) atoms. The van der Waals surface area contributed by atoms with Crippen LogP contribution in [0.3, 0.4) is 0 Å². The summed E-state index contributed by atoms with van der Waals surface area (Å²) in [6.45, 7) is 12.3. The van der Waals surface area contributed by atoms with Gasteiger partial charge >= 0.3 is 6.09 Å². The molecular weight excluding hydrogens is 206 g/mol. The van der Waals surface area contributed by atoms with E-state index in [0.29, 0.717) is 12.0 Å². The number of rotatable bonds is 4. The number of amides is 1. The van der Waals surface area contributed by atoms with Crippen LogP contribution in [0.2, 0.25) is 0 Å². The van der Waals surface area contributed by atoms with E-state index in [1.54, 1.807) is 27.7 Å². The average molecular weight is 227 g/mol. The summed E-state index contributed by atoms with van der Waals surface area (Å²) in [5, 5.41) is 2.53. The fraction of sp³-hybridized carbons (Fsp3) is 0.667. The fourth-order valence-corrected chi connectivity index (χ4v) is 1.10. The molecule has 92 valence electrons. The highest BCUT2D eigenvalue weighted by Crippen LogP contribution is 2.08. The highest BCUT2D eigenvalue weighted by atomic mass is 16.6. The zero-order valence-electron chi connectivity index (χ0n) is 10.7. The van der Waals surface area contributed by atoms with Crippen LogP contribution in [0.5, 0.6) is 0 Å². The first kappa shape index (κ1) is 14.7. The predicted molar refractivity (Wildman–Crippen MR) is 63.3 cm³/mol. The summed E-state index contributed by atoms with van der Waals surface area (Å²) in [4.78, 5) is 23.0. The fourth-order valence-electron chi connectivity index (χ4n) is 1.10. The molecule has 0 aromatic carbocycles. The van der Waals surface area contributed by atoms with Crippen LogP contribution in [0.4, 0.5) is 4.79 Å². The maximum absolute atomic E-state index is 11.6. The molecule has 0 rings (SSSR count). The third kappa shape index (κ3) is 5.53. The molecule has 0 saturated heterocycles. The molecule has 0 radical (unpaired) electrons. The van der Waals surface area contributed by atoms with E-state index in [2.05, 4.69) is 11.9 Å². The van der Waals surface area contributed by atoms with Gasteiger partial charge in [0.2, 0.25) is 0 Å². The van der Waals surface area contributed by atoms with Crippen molar-refractivity contribution in [2.75, 3.05) is 0 Å². The molecule has 1 amide bonds. The van der Waals surface area contributed by atoms with Crippen molar-refractivity contribution in [2.45, 2.75) is 52.7 Å². The molecule has 0 aromatic rings. The van der Waals surface area contributed by atoms with Gasteiger partial charge in [0.1, 0.15) is 5.60 Å².